The highest BCUT2D eigenvalue weighted by Gasteiger charge is 2.15. The Morgan fingerprint density at radius 3 is 2.95 bits per heavy atom. The van der Waals surface area contributed by atoms with Crippen LogP contribution in [0.1, 0.15) is 12.0 Å². The molecule has 1 aliphatic heterocycles. The molecule has 21 heavy (non-hydrogen) atoms. The fourth-order valence-corrected chi connectivity index (χ4v) is 2.04. The van der Waals surface area contributed by atoms with E-state index in [1.165, 1.54) is 0 Å². The number of ether oxygens (including phenoxy) is 1. The van der Waals surface area contributed by atoms with E-state index in [2.05, 4.69) is 16.0 Å². The van der Waals surface area contributed by atoms with E-state index in [1.807, 2.05) is 12.1 Å². The van der Waals surface area contributed by atoms with Crippen LogP contribution < -0.4 is 16.0 Å². The number of nitrogens with one attached hydrogen (secondary N) is 3. The largest absolute Gasteiger partial charge is 0.383 e. The fourth-order valence-electron chi connectivity index (χ4n) is 2.04. The van der Waals surface area contributed by atoms with Gasteiger partial charge in [-0.15, -0.1) is 12.4 Å². The number of anilines is 2. The van der Waals surface area contributed by atoms with Gasteiger partial charge in [-0.3, -0.25) is 9.59 Å². The standard InChI is InChI=1S/C14H19N3O3.ClH/c1-20-7-6-15-9-14(19)16-11-3-4-12-10(8-11)2-5-13(18)17-12;/h3-4,8,15H,2,5-7,9H2,1H3,(H,16,19)(H,17,18);1H. The lowest BCUT2D eigenvalue weighted by Crippen LogP contribution is -2.30. The Kier molecular flexibility index (Phi) is 7.14. The minimum atomic E-state index is -0.0964. The van der Waals surface area contributed by atoms with Crippen LogP contribution >= 0.6 is 12.4 Å². The summed E-state index contributed by atoms with van der Waals surface area (Å²) in [5.41, 5.74) is 2.63. The molecule has 0 aliphatic carbocycles. The average Bonchev–Trinajstić information content (AvgIpc) is 2.44. The number of amides is 2. The number of carbonyl (C=O) groups excluding carboxylic acids is 2. The highest BCUT2D eigenvalue weighted by Crippen LogP contribution is 2.25. The Morgan fingerprint density at radius 2 is 2.19 bits per heavy atom. The first-order chi connectivity index (χ1) is 9.69. The van der Waals surface area contributed by atoms with E-state index >= 15 is 0 Å². The second kappa shape index (κ2) is 8.61. The lowest BCUT2D eigenvalue weighted by atomic mass is 10.0. The molecule has 6 nitrogen and oxygen atoms in total. The van der Waals surface area contributed by atoms with Crippen molar-refractivity contribution in [3.8, 4) is 0 Å². The van der Waals surface area contributed by atoms with Crippen molar-refractivity contribution in [1.29, 1.82) is 0 Å². The summed E-state index contributed by atoms with van der Waals surface area (Å²) in [6.45, 7) is 1.46. The molecule has 0 radical (unpaired) electrons. The molecule has 0 bridgehead atoms. The van der Waals surface area contributed by atoms with Gasteiger partial charge >= 0.3 is 0 Å². The average molecular weight is 314 g/mol. The third-order valence-electron chi connectivity index (χ3n) is 3.05. The Balaban J connectivity index is 0.00000220. The predicted molar refractivity (Wildman–Crippen MR) is 84.0 cm³/mol. The third kappa shape index (κ3) is 5.34. The maximum atomic E-state index is 11.7. The number of aryl methyl sites for hydroxylation is 1. The second-order valence-electron chi connectivity index (χ2n) is 4.64. The van der Waals surface area contributed by atoms with Crippen LogP contribution in [-0.2, 0) is 20.7 Å². The zero-order chi connectivity index (χ0) is 14.4. The van der Waals surface area contributed by atoms with E-state index in [1.54, 1.807) is 13.2 Å². The summed E-state index contributed by atoms with van der Waals surface area (Å²) in [6, 6.07) is 5.51. The van der Waals surface area contributed by atoms with Gasteiger partial charge in [-0.05, 0) is 30.2 Å². The normalized spacial score (nSPS) is 12.9. The molecule has 1 aromatic rings. The molecule has 0 aromatic heterocycles. The summed E-state index contributed by atoms with van der Waals surface area (Å²) < 4.78 is 4.88. The molecule has 7 heteroatoms. The number of halogens is 1. The highest BCUT2D eigenvalue weighted by molar-refractivity contribution is 5.96. The van der Waals surface area contributed by atoms with E-state index < -0.39 is 0 Å². The molecule has 0 spiro atoms. The van der Waals surface area contributed by atoms with Gasteiger partial charge in [0.2, 0.25) is 11.8 Å². The molecule has 1 aliphatic rings. The minimum Gasteiger partial charge on any atom is -0.383 e. The van der Waals surface area contributed by atoms with Gasteiger partial charge in [0.05, 0.1) is 13.2 Å². The van der Waals surface area contributed by atoms with Gasteiger partial charge in [0, 0.05) is 31.5 Å². The number of rotatable bonds is 6. The quantitative estimate of drug-likeness (QED) is 0.689. The zero-order valence-electron chi connectivity index (χ0n) is 11.9. The summed E-state index contributed by atoms with van der Waals surface area (Å²) in [6.07, 6.45) is 1.19. The zero-order valence-corrected chi connectivity index (χ0v) is 12.7. The van der Waals surface area contributed by atoms with Gasteiger partial charge in [-0.2, -0.15) is 0 Å². The lowest BCUT2D eigenvalue weighted by molar-refractivity contribution is -0.116. The van der Waals surface area contributed by atoms with Gasteiger partial charge in [-0.1, -0.05) is 0 Å². The van der Waals surface area contributed by atoms with Gasteiger partial charge in [0.15, 0.2) is 0 Å². The Bertz CT molecular complexity index is 508. The number of hydrogen-bond donors (Lipinski definition) is 3. The van der Waals surface area contributed by atoms with Gasteiger partial charge in [0.1, 0.15) is 0 Å². The number of hydrogen-bond acceptors (Lipinski definition) is 4. The topological polar surface area (TPSA) is 79.5 Å². The molecule has 0 atom stereocenters. The van der Waals surface area contributed by atoms with E-state index in [0.717, 1.165) is 16.9 Å². The molecule has 1 aromatic carbocycles. The van der Waals surface area contributed by atoms with Crippen molar-refractivity contribution >= 4 is 35.6 Å². The van der Waals surface area contributed by atoms with Crippen LogP contribution in [0.4, 0.5) is 11.4 Å². The first kappa shape index (κ1) is 17.4. The minimum absolute atomic E-state index is 0. The Hall–Kier alpha value is -1.63. The fraction of sp³-hybridized carbons (Fsp3) is 0.429. The van der Waals surface area contributed by atoms with Crippen molar-refractivity contribution in [2.24, 2.45) is 0 Å². The first-order valence-electron chi connectivity index (χ1n) is 6.61. The lowest BCUT2D eigenvalue weighted by Gasteiger charge is -2.17. The van der Waals surface area contributed by atoms with Crippen LogP contribution in [0.2, 0.25) is 0 Å². The van der Waals surface area contributed by atoms with Crippen LogP contribution in [0.3, 0.4) is 0 Å². The van der Waals surface area contributed by atoms with Crippen LogP contribution in [0, 0.1) is 0 Å². The maximum Gasteiger partial charge on any atom is 0.238 e. The van der Waals surface area contributed by atoms with E-state index in [0.29, 0.717) is 26.0 Å². The van der Waals surface area contributed by atoms with Gasteiger partial charge in [0.25, 0.3) is 0 Å². The second-order valence-corrected chi connectivity index (χ2v) is 4.64. The van der Waals surface area contributed by atoms with Crippen molar-refractivity contribution in [3.63, 3.8) is 0 Å². The molecular weight excluding hydrogens is 294 g/mol. The summed E-state index contributed by atoms with van der Waals surface area (Å²) in [7, 11) is 1.62. The molecule has 0 saturated heterocycles. The van der Waals surface area contributed by atoms with Gasteiger partial charge < -0.3 is 20.7 Å². The monoisotopic (exact) mass is 313 g/mol. The molecular formula is C14H20ClN3O3. The summed E-state index contributed by atoms with van der Waals surface area (Å²) in [4.78, 5) is 23.0. The molecule has 0 unspecified atom stereocenters. The van der Waals surface area contributed by atoms with E-state index in [9.17, 15) is 9.59 Å². The third-order valence-corrected chi connectivity index (χ3v) is 3.05. The summed E-state index contributed by atoms with van der Waals surface area (Å²) >= 11 is 0. The molecule has 3 N–H and O–H groups in total. The smallest absolute Gasteiger partial charge is 0.238 e. The molecule has 116 valence electrons. The van der Waals surface area contributed by atoms with E-state index in [4.69, 9.17) is 4.74 Å². The Morgan fingerprint density at radius 1 is 1.38 bits per heavy atom. The molecule has 0 fully saturated rings. The van der Waals surface area contributed by atoms with Crippen LogP contribution in [-0.4, -0.2) is 38.6 Å². The Labute approximate surface area is 130 Å². The van der Waals surface area contributed by atoms with Gasteiger partial charge in [-0.25, -0.2) is 0 Å². The maximum absolute atomic E-state index is 11.7. The number of methoxy groups -OCH3 is 1. The van der Waals surface area contributed by atoms with Crippen LogP contribution in [0.25, 0.3) is 0 Å². The molecule has 2 amide bonds. The molecule has 2 rings (SSSR count). The molecule has 0 saturated carbocycles. The summed E-state index contributed by atoms with van der Waals surface area (Å²) in [5, 5.41) is 8.62. The van der Waals surface area contributed by atoms with Crippen molar-refractivity contribution in [1.82, 2.24) is 5.32 Å². The summed E-state index contributed by atoms with van der Waals surface area (Å²) in [5.74, 6) is -0.0578. The van der Waals surface area contributed by atoms with Crippen molar-refractivity contribution < 1.29 is 14.3 Å². The molecule has 1 heterocycles. The number of fused-ring (bicyclic) bond motifs is 1. The first-order valence-corrected chi connectivity index (χ1v) is 6.61. The van der Waals surface area contributed by atoms with Crippen LogP contribution in [0.5, 0.6) is 0 Å². The van der Waals surface area contributed by atoms with Crippen molar-refractivity contribution in [3.05, 3.63) is 23.8 Å². The number of carbonyl (C=O) groups is 2. The van der Waals surface area contributed by atoms with Crippen molar-refractivity contribution in [2.45, 2.75) is 12.8 Å². The SMILES string of the molecule is COCCNCC(=O)Nc1ccc2c(c1)CCC(=O)N2.Cl. The highest BCUT2D eigenvalue weighted by atomic mass is 35.5. The predicted octanol–water partition coefficient (Wildman–Crippen LogP) is 1.17. The number of benzene rings is 1. The van der Waals surface area contributed by atoms with Crippen LogP contribution in [0.15, 0.2) is 18.2 Å². The van der Waals surface area contributed by atoms with E-state index in [-0.39, 0.29) is 30.8 Å². The van der Waals surface area contributed by atoms with Crippen molar-refractivity contribution in [2.75, 3.05) is 37.4 Å².